The summed E-state index contributed by atoms with van der Waals surface area (Å²) in [5.74, 6) is 0.237. The second-order valence-corrected chi connectivity index (χ2v) is 12.0. The number of hydrogen-bond donors (Lipinski definition) is 1. The summed E-state index contributed by atoms with van der Waals surface area (Å²) in [6, 6.07) is 0.364. The Kier molecular flexibility index (Phi) is 32.2. The highest BCUT2D eigenvalue weighted by Crippen LogP contribution is 2.14. The van der Waals surface area contributed by atoms with E-state index in [0.717, 1.165) is 38.9 Å². The second-order valence-electron chi connectivity index (χ2n) is 12.0. The predicted molar refractivity (Wildman–Crippen MR) is 169 cm³/mol. The van der Waals surface area contributed by atoms with Crippen molar-refractivity contribution < 1.29 is 9.53 Å². The number of unbranched alkanes of at least 4 members (excludes halogenated alkanes) is 22. The van der Waals surface area contributed by atoms with Gasteiger partial charge in [-0.3, -0.25) is 4.79 Å². The topological polar surface area (TPSA) is 38.3 Å². The van der Waals surface area contributed by atoms with Crippen molar-refractivity contribution in [3.05, 3.63) is 0 Å². The molecule has 38 heavy (non-hydrogen) atoms. The molecule has 1 unspecified atom stereocenters. The van der Waals surface area contributed by atoms with E-state index in [0.29, 0.717) is 12.5 Å². The lowest BCUT2D eigenvalue weighted by molar-refractivity contribution is -0.122. The average Bonchev–Trinajstić information content (AvgIpc) is 2.92. The van der Waals surface area contributed by atoms with Crippen molar-refractivity contribution >= 4 is 5.91 Å². The van der Waals surface area contributed by atoms with Gasteiger partial charge in [0.15, 0.2) is 0 Å². The van der Waals surface area contributed by atoms with Crippen molar-refractivity contribution in [3.8, 4) is 0 Å². The first-order chi connectivity index (χ1) is 18.7. The van der Waals surface area contributed by atoms with Crippen molar-refractivity contribution in [3.63, 3.8) is 0 Å². The first kappa shape index (κ1) is 37.4. The van der Waals surface area contributed by atoms with Gasteiger partial charge in [0, 0.05) is 25.7 Å². The van der Waals surface area contributed by atoms with Crippen LogP contribution in [0.25, 0.3) is 0 Å². The van der Waals surface area contributed by atoms with Crippen LogP contribution >= 0.6 is 0 Å². The lowest BCUT2D eigenvalue weighted by Gasteiger charge is -2.17. The quantitative estimate of drug-likeness (QED) is 0.0866. The summed E-state index contributed by atoms with van der Waals surface area (Å²) in [6.07, 6.45) is 36.5. The zero-order valence-corrected chi connectivity index (χ0v) is 26.6. The van der Waals surface area contributed by atoms with Crippen molar-refractivity contribution in [1.29, 1.82) is 0 Å². The van der Waals surface area contributed by atoms with Gasteiger partial charge in [-0.15, -0.1) is 0 Å². The Balaban J connectivity index is 3.36. The molecule has 1 amide bonds. The summed E-state index contributed by atoms with van der Waals surface area (Å²) in [7, 11) is 0. The monoisotopic (exact) mass is 538 g/mol. The number of rotatable bonds is 32. The largest absolute Gasteiger partial charge is 0.381 e. The molecule has 0 aromatic carbocycles. The Labute approximate surface area is 240 Å². The van der Waals surface area contributed by atoms with Crippen LogP contribution in [0.5, 0.6) is 0 Å². The lowest BCUT2D eigenvalue weighted by Crippen LogP contribution is -2.34. The molecule has 0 aromatic rings. The van der Waals surface area contributed by atoms with Crippen molar-refractivity contribution in [2.45, 2.75) is 207 Å². The molecule has 0 aliphatic carbocycles. The maximum atomic E-state index is 12.3. The summed E-state index contributed by atoms with van der Waals surface area (Å²) < 4.78 is 5.80. The number of ether oxygens (including phenoxy) is 1. The third-order valence-electron chi connectivity index (χ3n) is 8.10. The molecule has 0 bridgehead atoms. The summed E-state index contributed by atoms with van der Waals surface area (Å²) in [4.78, 5) is 12.3. The maximum Gasteiger partial charge on any atom is 0.220 e. The van der Waals surface area contributed by atoms with Crippen LogP contribution in [0.15, 0.2) is 0 Å². The van der Waals surface area contributed by atoms with E-state index in [1.807, 2.05) is 0 Å². The number of carbonyl (C=O) groups excluding carboxylic acids is 1. The summed E-state index contributed by atoms with van der Waals surface area (Å²) >= 11 is 0. The highest BCUT2D eigenvalue weighted by molar-refractivity contribution is 5.76. The van der Waals surface area contributed by atoms with E-state index in [1.165, 1.54) is 148 Å². The molecule has 1 N–H and O–H groups in total. The maximum absolute atomic E-state index is 12.3. The molecule has 0 aliphatic rings. The van der Waals surface area contributed by atoms with Gasteiger partial charge in [0.2, 0.25) is 5.91 Å². The summed E-state index contributed by atoms with van der Waals surface area (Å²) in [5, 5.41) is 3.27. The van der Waals surface area contributed by atoms with Crippen LogP contribution in [-0.4, -0.2) is 25.2 Å². The zero-order chi connectivity index (χ0) is 27.8. The molecule has 3 nitrogen and oxygen atoms in total. The predicted octanol–water partition coefficient (Wildman–Crippen LogP) is 11.5. The molecule has 0 spiro atoms. The first-order valence-electron chi connectivity index (χ1n) is 17.6. The molecule has 1 atom stereocenters. The molecule has 228 valence electrons. The van der Waals surface area contributed by atoms with Gasteiger partial charge in [-0.05, 0) is 32.1 Å². The minimum absolute atomic E-state index is 0.237. The Bertz CT molecular complexity index is 453. The van der Waals surface area contributed by atoms with E-state index in [4.69, 9.17) is 4.74 Å². The minimum atomic E-state index is 0.237. The van der Waals surface area contributed by atoms with Gasteiger partial charge >= 0.3 is 0 Å². The third kappa shape index (κ3) is 30.0. The summed E-state index contributed by atoms with van der Waals surface area (Å²) in [5.41, 5.74) is 0. The molecule has 0 aliphatic heterocycles. The Morgan fingerprint density at radius 2 is 0.868 bits per heavy atom. The van der Waals surface area contributed by atoms with Gasteiger partial charge in [-0.1, -0.05) is 162 Å². The van der Waals surface area contributed by atoms with E-state index in [9.17, 15) is 4.79 Å². The minimum Gasteiger partial charge on any atom is -0.381 e. The van der Waals surface area contributed by atoms with Crippen LogP contribution in [-0.2, 0) is 9.53 Å². The van der Waals surface area contributed by atoms with Gasteiger partial charge in [0.25, 0.3) is 0 Å². The van der Waals surface area contributed by atoms with Crippen molar-refractivity contribution in [2.24, 2.45) is 0 Å². The second kappa shape index (κ2) is 32.6. The Hall–Kier alpha value is -0.570. The van der Waals surface area contributed by atoms with E-state index >= 15 is 0 Å². The molecule has 0 heterocycles. The van der Waals surface area contributed by atoms with Crippen LogP contribution in [0.2, 0.25) is 0 Å². The standard InChI is InChI=1S/C35H71NO2/c1-4-7-9-11-13-15-17-18-19-21-23-25-28-32-38-33-29-27-31-35(37)36-34(6-3)30-26-24-22-20-16-14-12-10-8-5-2/h34H,4-33H2,1-3H3,(H,36,37). The molecule has 0 aromatic heterocycles. The molecule has 3 heteroatoms. The molecule has 0 saturated heterocycles. The molecule has 0 radical (unpaired) electrons. The highest BCUT2D eigenvalue weighted by atomic mass is 16.5. The van der Waals surface area contributed by atoms with Gasteiger partial charge in [0.05, 0.1) is 0 Å². The highest BCUT2D eigenvalue weighted by Gasteiger charge is 2.10. The fraction of sp³-hybridized carbons (Fsp3) is 0.971. The summed E-state index contributed by atoms with van der Waals surface area (Å²) in [6.45, 7) is 8.47. The van der Waals surface area contributed by atoms with Crippen LogP contribution in [0.1, 0.15) is 201 Å². The molecular weight excluding hydrogens is 466 g/mol. The first-order valence-corrected chi connectivity index (χ1v) is 17.6. The van der Waals surface area contributed by atoms with Crippen molar-refractivity contribution in [1.82, 2.24) is 5.32 Å². The Morgan fingerprint density at radius 1 is 0.500 bits per heavy atom. The fourth-order valence-electron chi connectivity index (χ4n) is 5.37. The van der Waals surface area contributed by atoms with E-state index in [-0.39, 0.29) is 5.91 Å². The lowest BCUT2D eigenvalue weighted by atomic mass is 10.0. The number of amides is 1. The SMILES string of the molecule is CCCCCCCCCCCCCCCOCCCCC(=O)NC(CC)CCCCCCCCCCCC. The van der Waals surface area contributed by atoms with Gasteiger partial charge in [-0.25, -0.2) is 0 Å². The normalized spacial score (nSPS) is 12.2. The molecule has 0 fully saturated rings. The average molecular weight is 538 g/mol. The Morgan fingerprint density at radius 3 is 1.29 bits per heavy atom. The van der Waals surface area contributed by atoms with Crippen LogP contribution in [0.3, 0.4) is 0 Å². The van der Waals surface area contributed by atoms with Crippen LogP contribution in [0, 0.1) is 0 Å². The van der Waals surface area contributed by atoms with Gasteiger partial charge in [-0.2, -0.15) is 0 Å². The molecule has 0 saturated carbocycles. The van der Waals surface area contributed by atoms with Crippen LogP contribution < -0.4 is 5.32 Å². The zero-order valence-electron chi connectivity index (χ0n) is 26.6. The van der Waals surface area contributed by atoms with Crippen LogP contribution in [0.4, 0.5) is 0 Å². The van der Waals surface area contributed by atoms with Gasteiger partial charge < -0.3 is 10.1 Å². The number of carbonyl (C=O) groups is 1. The number of nitrogens with one attached hydrogen (secondary N) is 1. The van der Waals surface area contributed by atoms with E-state index < -0.39 is 0 Å². The molecular formula is C35H71NO2. The third-order valence-corrected chi connectivity index (χ3v) is 8.10. The fourth-order valence-corrected chi connectivity index (χ4v) is 5.37. The van der Waals surface area contributed by atoms with E-state index in [1.54, 1.807) is 0 Å². The smallest absolute Gasteiger partial charge is 0.220 e. The van der Waals surface area contributed by atoms with Crippen molar-refractivity contribution in [2.75, 3.05) is 13.2 Å². The molecule has 0 rings (SSSR count). The number of hydrogen-bond acceptors (Lipinski definition) is 2. The van der Waals surface area contributed by atoms with E-state index in [2.05, 4.69) is 26.1 Å². The van der Waals surface area contributed by atoms with Gasteiger partial charge in [0.1, 0.15) is 0 Å².